The van der Waals surface area contributed by atoms with E-state index < -0.39 is 15.1 Å². The van der Waals surface area contributed by atoms with Gasteiger partial charge in [0.15, 0.2) is 15.7 Å². The number of sulfone groups is 1. The maximum atomic E-state index is 11.4. The Balaban J connectivity index is 2.11. The molecule has 0 amide bonds. The van der Waals surface area contributed by atoms with Crippen LogP contribution >= 0.6 is 0 Å². The Morgan fingerprint density at radius 2 is 2.06 bits per heavy atom. The summed E-state index contributed by atoms with van der Waals surface area (Å²) in [7, 11) is -3.20. The third-order valence-corrected chi connectivity index (χ3v) is 5.09. The minimum absolute atomic E-state index is 0.217. The van der Waals surface area contributed by atoms with Crippen molar-refractivity contribution in [1.29, 1.82) is 0 Å². The van der Waals surface area contributed by atoms with E-state index in [1.165, 1.54) is 0 Å². The zero-order chi connectivity index (χ0) is 13.4. The molecule has 1 aliphatic rings. The Hall–Kier alpha value is -0.950. The van der Waals surface area contributed by atoms with Crippen molar-refractivity contribution in [2.24, 2.45) is 5.73 Å². The average Bonchev–Trinajstić information content (AvgIpc) is 2.86. The Morgan fingerprint density at radius 1 is 1.44 bits per heavy atom. The lowest BCUT2D eigenvalue weighted by molar-refractivity contribution is 0.327. The molecule has 0 radical (unpaired) electrons. The molecule has 1 atom stereocenters. The largest absolute Gasteiger partial charge is 0.339 e. The van der Waals surface area contributed by atoms with Crippen molar-refractivity contribution in [2.75, 3.05) is 6.26 Å². The molecule has 0 spiro atoms. The van der Waals surface area contributed by atoms with E-state index in [1.54, 1.807) is 6.92 Å². The number of nitrogens with two attached hydrogens (primary N) is 1. The van der Waals surface area contributed by atoms with Gasteiger partial charge in [-0.2, -0.15) is 4.98 Å². The first kappa shape index (κ1) is 13.5. The van der Waals surface area contributed by atoms with Gasteiger partial charge < -0.3 is 10.3 Å². The zero-order valence-corrected chi connectivity index (χ0v) is 11.5. The Labute approximate surface area is 107 Å². The van der Waals surface area contributed by atoms with Crippen molar-refractivity contribution >= 4 is 9.84 Å². The van der Waals surface area contributed by atoms with Crippen LogP contribution in [0.4, 0.5) is 0 Å². The van der Waals surface area contributed by atoms with Crippen LogP contribution in [0.15, 0.2) is 4.52 Å². The fourth-order valence-electron chi connectivity index (χ4n) is 2.25. The van der Waals surface area contributed by atoms with Gasteiger partial charge in [0, 0.05) is 18.2 Å². The first-order valence-electron chi connectivity index (χ1n) is 6.10. The molecule has 102 valence electrons. The molecule has 1 unspecified atom stereocenters. The maximum absolute atomic E-state index is 11.4. The second-order valence-corrected chi connectivity index (χ2v) is 7.63. The number of hydrogen-bond acceptors (Lipinski definition) is 6. The number of hydrogen-bond donors (Lipinski definition) is 1. The highest BCUT2D eigenvalue weighted by Gasteiger charge is 2.32. The first-order valence-corrected chi connectivity index (χ1v) is 8.06. The van der Waals surface area contributed by atoms with Gasteiger partial charge in [-0.25, -0.2) is 8.42 Å². The highest BCUT2D eigenvalue weighted by molar-refractivity contribution is 7.90. The summed E-state index contributed by atoms with van der Waals surface area (Å²) in [6.45, 7) is 1.55. The number of rotatable bonds is 4. The van der Waals surface area contributed by atoms with Crippen LogP contribution in [0.2, 0.25) is 0 Å². The molecule has 0 aromatic carbocycles. The average molecular weight is 273 g/mol. The van der Waals surface area contributed by atoms with Gasteiger partial charge in [0.2, 0.25) is 5.89 Å². The van der Waals surface area contributed by atoms with Gasteiger partial charge in [0.05, 0.1) is 0 Å². The molecule has 1 fully saturated rings. The zero-order valence-electron chi connectivity index (χ0n) is 10.7. The molecule has 6 nitrogen and oxygen atoms in total. The lowest BCUT2D eigenvalue weighted by atomic mass is 9.95. The monoisotopic (exact) mass is 273 g/mol. The van der Waals surface area contributed by atoms with Crippen LogP contribution in [-0.4, -0.2) is 30.4 Å². The molecule has 1 aromatic rings. The quantitative estimate of drug-likeness (QED) is 0.878. The Morgan fingerprint density at radius 3 is 2.61 bits per heavy atom. The molecule has 1 aromatic heterocycles. The number of nitrogens with zero attached hydrogens (tertiary/aromatic N) is 2. The summed E-state index contributed by atoms with van der Waals surface area (Å²) in [4.78, 5) is 4.15. The van der Waals surface area contributed by atoms with Gasteiger partial charge >= 0.3 is 0 Å². The molecule has 18 heavy (non-hydrogen) atoms. The Bertz CT molecular complexity index is 517. The van der Waals surface area contributed by atoms with Crippen LogP contribution in [0.3, 0.4) is 0 Å². The Kier molecular flexibility index (Phi) is 3.46. The van der Waals surface area contributed by atoms with E-state index in [0.29, 0.717) is 12.3 Å². The molecular weight excluding hydrogens is 254 g/mol. The third kappa shape index (κ3) is 2.89. The maximum Gasteiger partial charge on any atom is 0.228 e. The van der Waals surface area contributed by atoms with Gasteiger partial charge in [0.25, 0.3) is 0 Å². The van der Waals surface area contributed by atoms with Crippen LogP contribution < -0.4 is 5.73 Å². The van der Waals surface area contributed by atoms with E-state index >= 15 is 0 Å². The van der Waals surface area contributed by atoms with Gasteiger partial charge in [0.1, 0.15) is 5.25 Å². The predicted octanol–water partition coefficient (Wildman–Crippen LogP) is 0.989. The molecular formula is C11H19N3O3S. The summed E-state index contributed by atoms with van der Waals surface area (Å²) in [5.41, 5.74) is 5.95. The molecule has 1 heterocycles. The van der Waals surface area contributed by atoms with Crippen LogP contribution in [0.5, 0.6) is 0 Å². The van der Waals surface area contributed by atoms with E-state index in [9.17, 15) is 8.42 Å². The van der Waals surface area contributed by atoms with Crippen LogP contribution in [0.25, 0.3) is 0 Å². The molecule has 2 rings (SSSR count). The van der Waals surface area contributed by atoms with Crippen molar-refractivity contribution in [3.63, 3.8) is 0 Å². The normalized spacial score (nSPS) is 21.1. The summed E-state index contributed by atoms with van der Waals surface area (Å²) in [5, 5.41) is 2.99. The van der Waals surface area contributed by atoms with Gasteiger partial charge in [-0.1, -0.05) is 18.0 Å². The topological polar surface area (TPSA) is 99.1 Å². The molecule has 0 aliphatic heterocycles. The summed E-state index contributed by atoms with van der Waals surface area (Å²) < 4.78 is 27.9. The summed E-state index contributed by atoms with van der Waals surface area (Å²) in [6, 6.07) is 0. The van der Waals surface area contributed by atoms with E-state index in [1.807, 2.05) is 0 Å². The van der Waals surface area contributed by atoms with Crippen LogP contribution in [0, 0.1) is 0 Å². The van der Waals surface area contributed by atoms with E-state index in [2.05, 4.69) is 10.1 Å². The van der Waals surface area contributed by atoms with Crippen molar-refractivity contribution in [2.45, 2.75) is 49.8 Å². The summed E-state index contributed by atoms with van der Waals surface area (Å²) >= 11 is 0. The molecule has 1 aliphatic carbocycles. The van der Waals surface area contributed by atoms with Crippen molar-refractivity contribution in [1.82, 2.24) is 10.1 Å². The fourth-order valence-corrected chi connectivity index (χ4v) is 2.73. The minimum atomic E-state index is -3.20. The van der Waals surface area contributed by atoms with Gasteiger partial charge in [-0.05, 0) is 19.8 Å². The van der Waals surface area contributed by atoms with Crippen molar-refractivity contribution < 1.29 is 12.9 Å². The standard InChI is InChI=1S/C11H19N3O3S/c1-8(18(2,15)16)10-13-9(17-14-10)7-11(12)5-3-4-6-11/h8H,3-7,12H2,1-2H3. The fraction of sp³-hybridized carbons (Fsp3) is 0.818. The third-order valence-electron chi connectivity index (χ3n) is 3.59. The van der Waals surface area contributed by atoms with Crippen LogP contribution in [-0.2, 0) is 16.3 Å². The molecule has 0 saturated heterocycles. The highest BCUT2D eigenvalue weighted by atomic mass is 32.2. The van der Waals surface area contributed by atoms with Crippen molar-refractivity contribution in [3.05, 3.63) is 11.7 Å². The van der Waals surface area contributed by atoms with E-state index in [4.69, 9.17) is 10.3 Å². The second-order valence-electron chi connectivity index (χ2n) is 5.26. The SMILES string of the molecule is CC(c1noc(CC2(N)CCCC2)n1)S(C)(=O)=O. The molecule has 2 N–H and O–H groups in total. The van der Waals surface area contributed by atoms with Crippen molar-refractivity contribution in [3.8, 4) is 0 Å². The minimum Gasteiger partial charge on any atom is -0.339 e. The lowest BCUT2D eigenvalue weighted by Crippen LogP contribution is -2.38. The molecule has 7 heteroatoms. The first-order chi connectivity index (χ1) is 8.30. The smallest absolute Gasteiger partial charge is 0.228 e. The molecule has 0 bridgehead atoms. The van der Waals surface area contributed by atoms with Crippen LogP contribution in [0.1, 0.15) is 49.6 Å². The van der Waals surface area contributed by atoms with E-state index in [0.717, 1.165) is 31.9 Å². The second kappa shape index (κ2) is 4.62. The summed E-state index contributed by atoms with van der Waals surface area (Å²) in [5.74, 6) is 0.652. The van der Waals surface area contributed by atoms with Gasteiger partial charge in [-0.15, -0.1) is 0 Å². The van der Waals surface area contributed by atoms with Gasteiger partial charge in [-0.3, -0.25) is 0 Å². The highest BCUT2D eigenvalue weighted by Crippen LogP contribution is 2.30. The summed E-state index contributed by atoms with van der Waals surface area (Å²) in [6.07, 6.45) is 5.83. The molecule has 1 saturated carbocycles. The number of aromatic nitrogens is 2. The lowest BCUT2D eigenvalue weighted by Gasteiger charge is -2.20. The van der Waals surface area contributed by atoms with E-state index in [-0.39, 0.29) is 11.4 Å². The predicted molar refractivity (Wildman–Crippen MR) is 66.6 cm³/mol.